The van der Waals surface area contributed by atoms with E-state index in [1.54, 1.807) is 21.2 Å². The molecule has 7 nitrogen and oxygen atoms in total. The first-order valence-corrected chi connectivity index (χ1v) is 6.35. The molecule has 2 atom stereocenters. The maximum Gasteiger partial charge on any atom is 0.239 e. The van der Waals surface area contributed by atoms with E-state index in [1.807, 2.05) is 0 Å². The van der Waals surface area contributed by atoms with E-state index in [4.69, 9.17) is 9.47 Å². The number of nitrogens with one attached hydrogen (secondary N) is 2. The quantitative estimate of drug-likeness (QED) is 0.549. The normalized spacial score (nSPS) is 22.3. The molecule has 0 saturated carbocycles. The Morgan fingerprint density at radius 2 is 2.16 bits per heavy atom. The number of carbonyl (C=O) groups excluding carboxylic acids is 2. The molecule has 110 valence electrons. The fourth-order valence-electron chi connectivity index (χ4n) is 2.01. The number of nitrogens with zero attached hydrogens (tertiary/aromatic N) is 1. The maximum atomic E-state index is 12.2. The van der Waals surface area contributed by atoms with Crippen molar-refractivity contribution in [2.24, 2.45) is 5.92 Å². The molecule has 0 aliphatic carbocycles. The molecule has 1 rings (SSSR count). The van der Waals surface area contributed by atoms with Crippen LogP contribution in [0.2, 0.25) is 0 Å². The summed E-state index contributed by atoms with van der Waals surface area (Å²) in [5.41, 5.74) is 0. The molecule has 1 fully saturated rings. The van der Waals surface area contributed by atoms with Gasteiger partial charge in [0.05, 0.1) is 32.3 Å². The zero-order chi connectivity index (χ0) is 14.3. The third kappa shape index (κ3) is 4.77. The van der Waals surface area contributed by atoms with E-state index in [-0.39, 0.29) is 30.3 Å². The van der Waals surface area contributed by atoms with Gasteiger partial charge in [-0.1, -0.05) is 0 Å². The lowest BCUT2D eigenvalue weighted by molar-refractivity contribution is -0.138. The van der Waals surface area contributed by atoms with Crippen molar-refractivity contribution in [1.82, 2.24) is 15.5 Å². The van der Waals surface area contributed by atoms with Crippen LogP contribution in [0.5, 0.6) is 0 Å². The van der Waals surface area contributed by atoms with Crippen LogP contribution in [-0.4, -0.2) is 76.9 Å². The van der Waals surface area contributed by atoms with Crippen LogP contribution in [0.1, 0.15) is 0 Å². The van der Waals surface area contributed by atoms with Crippen molar-refractivity contribution in [2.75, 3.05) is 54.1 Å². The van der Waals surface area contributed by atoms with Crippen LogP contribution >= 0.6 is 0 Å². The van der Waals surface area contributed by atoms with Crippen molar-refractivity contribution < 1.29 is 19.1 Å². The largest absolute Gasteiger partial charge is 0.383 e. The second-order valence-corrected chi connectivity index (χ2v) is 4.58. The molecule has 2 unspecified atom stereocenters. The van der Waals surface area contributed by atoms with E-state index >= 15 is 0 Å². The lowest BCUT2D eigenvalue weighted by atomic mass is 10.0. The Bertz CT molecular complexity index is 311. The molecular formula is C12H23N3O4. The average molecular weight is 273 g/mol. The molecule has 0 radical (unpaired) electrons. The van der Waals surface area contributed by atoms with Gasteiger partial charge in [0.25, 0.3) is 0 Å². The lowest BCUT2D eigenvalue weighted by Gasteiger charge is -2.23. The number of likely N-dealkylation sites (N-methyl/N-ethyl adjacent to an activating group) is 2. The monoisotopic (exact) mass is 273 g/mol. The Hall–Kier alpha value is -1.18. The zero-order valence-electron chi connectivity index (χ0n) is 11.8. The summed E-state index contributed by atoms with van der Waals surface area (Å²) in [6.45, 7) is 1.89. The Morgan fingerprint density at radius 1 is 1.42 bits per heavy atom. The summed E-state index contributed by atoms with van der Waals surface area (Å²) in [5, 5.41) is 5.74. The Morgan fingerprint density at radius 3 is 2.79 bits per heavy atom. The second kappa shape index (κ2) is 8.08. The fraction of sp³-hybridized carbons (Fsp3) is 0.833. The molecule has 0 aromatic rings. The number of hydrogen-bond donors (Lipinski definition) is 2. The summed E-state index contributed by atoms with van der Waals surface area (Å²) in [6.07, 6.45) is 0. The number of carbonyl (C=O) groups is 2. The minimum atomic E-state index is -0.221. The van der Waals surface area contributed by atoms with Crippen LogP contribution in [0.15, 0.2) is 0 Å². The highest BCUT2D eigenvalue weighted by molar-refractivity contribution is 5.86. The fourth-order valence-corrected chi connectivity index (χ4v) is 2.01. The predicted molar refractivity (Wildman–Crippen MR) is 69.7 cm³/mol. The molecule has 0 aromatic heterocycles. The van der Waals surface area contributed by atoms with Crippen molar-refractivity contribution in [2.45, 2.75) is 6.04 Å². The zero-order valence-corrected chi connectivity index (χ0v) is 11.8. The van der Waals surface area contributed by atoms with Gasteiger partial charge in [-0.15, -0.1) is 0 Å². The van der Waals surface area contributed by atoms with Crippen LogP contribution in [0.4, 0.5) is 0 Å². The summed E-state index contributed by atoms with van der Waals surface area (Å²) >= 11 is 0. The van der Waals surface area contributed by atoms with E-state index in [0.717, 1.165) is 0 Å². The molecule has 2 amide bonds. The van der Waals surface area contributed by atoms with Crippen molar-refractivity contribution in [1.29, 1.82) is 0 Å². The minimum absolute atomic E-state index is 0.0199. The summed E-state index contributed by atoms with van der Waals surface area (Å²) in [7, 11) is 5.00. The number of rotatable bonds is 7. The van der Waals surface area contributed by atoms with Crippen LogP contribution in [0.25, 0.3) is 0 Å². The smallest absolute Gasteiger partial charge is 0.239 e. The Balaban J connectivity index is 2.37. The molecule has 1 heterocycles. The highest BCUT2D eigenvalue weighted by Gasteiger charge is 2.35. The molecule has 7 heteroatoms. The highest BCUT2D eigenvalue weighted by atomic mass is 16.5. The van der Waals surface area contributed by atoms with Crippen molar-refractivity contribution in [3.05, 3.63) is 0 Å². The molecule has 0 aromatic carbocycles. The predicted octanol–water partition coefficient (Wildman–Crippen LogP) is -1.56. The van der Waals surface area contributed by atoms with E-state index in [2.05, 4.69) is 10.6 Å². The molecule has 0 spiro atoms. The second-order valence-electron chi connectivity index (χ2n) is 4.58. The minimum Gasteiger partial charge on any atom is -0.383 e. The molecule has 19 heavy (non-hydrogen) atoms. The summed E-state index contributed by atoms with van der Waals surface area (Å²) in [6, 6.07) is 0.0199. The van der Waals surface area contributed by atoms with Crippen LogP contribution in [0.3, 0.4) is 0 Å². The molecule has 1 saturated heterocycles. The van der Waals surface area contributed by atoms with Crippen molar-refractivity contribution in [3.8, 4) is 0 Å². The molecule has 0 bridgehead atoms. The van der Waals surface area contributed by atoms with Gasteiger partial charge in [0.1, 0.15) is 0 Å². The summed E-state index contributed by atoms with van der Waals surface area (Å²) < 4.78 is 10.1. The van der Waals surface area contributed by atoms with E-state index in [1.165, 1.54) is 4.90 Å². The van der Waals surface area contributed by atoms with Crippen LogP contribution < -0.4 is 10.6 Å². The molecule has 2 N–H and O–H groups in total. The molecule has 1 aliphatic rings. The van der Waals surface area contributed by atoms with Gasteiger partial charge >= 0.3 is 0 Å². The van der Waals surface area contributed by atoms with E-state index < -0.39 is 0 Å². The third-order valence-electron chi connectivity index (χ3n) is 3.15. The number of methoxy groups -OCH3 is 1. The van der Waals surface area contributed by atoms with Crippen molar-refractivity contribution >= 4 is 11.8 Å². The standard InChI is InChI=1S/C12H23N3O4/c1-13-10-8-19-7-9(10)12(17)15(2)6-11(16)14-4-5-18-3/h9-10,13H,4-8H2,1-3H3,(H,14,16). The van der Waals surface area contributed by atoms with Gasteiger partial charge in [-0.25, -0.2) is 0 Å². The highest BCUT2D eigenvalue weighted by Crippen LogP contribution is 2.15. The maximum absolute atomic E-state index is 12.2. The first kappa shape index (κ1) is 15.9. The number of amides is 2. The Kier molecular flexibility index (Phi) is 6.75. The van der Waals surface area contributed by atoms with Crippen LogP contribution in [-0.2, 0) is 19.1 Å². The van der Waals surface area contributed by atoms with Gasteiger partial charge in [0.2, 0.25) is 11.8 Å². The lowest BCUT2D eigenvalue weighted by Crippen LogP contribution is -2.46. The van der Waals surface area contributed by atoms with Gasteiger partial charge in [-0.2, -0.15) is 0 Å². The van der Waals surface area contributed by atoms with E-state index in [0.29, 0.717) is 26.4 Å². The average Bonchev–Trinajstić information content (AvgIpc) is 2.86. The van der Waals surface area contributed by atoms with Crippen LogP contribution in [0, 0.1) is 5.92 Å². The first-order chi connectivity index (χ1) is 9.10. The summed E-state index contributed by atoms with van der Waals surface area (Å²) in [4.78, 5) is 25.2. The van der Waals surface area contributed by atoms with Crippen molar-refractivity contribution in [3.63, 3.8) is 0 Å². The van der Waals surface area contributed by atoms with E-state index in [9.17, 15) is 9.59 Å². The molecule has 1 aliphatic heterocycles. The van der Waals surface area contributed by atoms with Gasteiger partial charge in [0.15, 0.2) is 0 Å². The summed E-state index contributed by atoms with van der Waals surface area (Å²) in [5.74, 6) is -0.478. The number of hydrogen-bond acceptors (Lipinski definition) is 5. The topological polar surface area (TPSA) is 79.9 Å². The van der Waals surface area contributed by atoms with Gasteiger partial charge < -0.3 is 25.0 Å². The Labute approximate surface area is 113 Å². The number of ether oxygens (including phenoxy) is 2. The van der Waals surface area contributed by atoms with Gasteiger partial charge in [0, 0.05) is 26.7 Å². The van der Waals surface area contributed by atoms with Gasteiger partial charge in [-0.05, 0) is 7.05 Å². The third-order valence-corrected chi connectivity index (χ3v) is 3.15. The SMILES string of the molecule is CNC1COCC1C(=O)N(C)CC(=O)NCCOC. The van der Waals surface area contributed by atoms with Gasteiger partial charge in [-0.3, -0.25) is 9.59 Å². The first-order valence-electron chi connectivity index (χ1n) is 6.35. The molecular weight excluding hydrogens is 250 g/mol.